The van der Waals surface area contributed by atoms with Gasteiger partial charge in [0.2, 0.25) is 0 Å². The zero-order chi connectivity index (χ0) is 12.9. The summed E-state index contributed by atoms with van der Waals surface area (Å²) >= 11 is 0. The molecule has 0 bridgehead atoms. The Bertz CT molecular complexity index is 392. The van der Waals surface area contributed by atoms with E-state index in [2.05, 4.69) is 25.8 Å². The average molecular weight is 235 g/mol. The smallest absolute Gasteiger partial charge is 0.124 e. The fourth-order valence-electron chi connectivity index (χ4n) is 1.45. The molecular formula is C14H21NO2. The van der Waals surface area contributed by atoms with Gasteiger partial charge < -0.3 is 10.2 Å². The molecule has 3 heteroatoms. The Kier molecular flexibility index (Phi) is 4.70. The van der Waals surface area contributed by atoms with Crippen molar-refractivity contribution in [3.63, 3.8) is 0 Å². The minimum atomic E-state index is 0.0569. The Morgan fingerprint density at radius 3 is 2.59 bits per heavy atom. The van der Waals surface area contributed by atoms with Crippen LogP contribution in [-0.2, 0) is 5.41 Å². The van der Waals surface area contributed by atoms with Crippen LogP contribution in [0.1, 0.15) is 38.3 Å². The van der Waals surface area contributed by atoms with Gasteiger partial charge in [0.15, 0.2) is 0 Å². The highest BCUT2D eigenvalue weighted by atomic mass is 16.3. The largest absolute Gasteiger partial charge is 0.507 e. The van der Waals surface area contributed by atoms with Crippen molar-refractivity contribution in [2.24, 2.45) is 4.99 Å². The number of hydrogen-bond acceptors (Lipinski definition) is 3. The van der Waals surface area contributed by atoms with Gasteiger partial charge in [0.25, 0.3) is 0 Å². The summed E-state index contributed by atoms with van der Waals surface area (Å²) in [6, 6.07) is 5.59. The van der Waals surface area contributed by atoms with E-state index in [0.29, 0.717) is 13.0 Å². The summed E-state index contributed by atoms with van der Waals surface area (Å²) in [6.07, 6.45) is 2.32. The number of aliphatic hydroxyl groups is 1. The lowest BCUT2D eigenvalue weighted by molar-refractivity contribution is 0.291. The minimum Gasteiger partial charge on any atom is -0.507 e. The molecule has 3 nitrogen and oxygen atoms in total. The lowest BCUT2D eigenvalue weighted by Crippen LogP contribution is -2.11. The van der Waals surface area contributed by atoms with Crippen molar-refractivity contribution in [3.8, 4) is 5.75 Å². The first-order valence-electron chi connectivity index (χ1n) is 5.89. The van der Waals surface area contributed by atoms with E-state index >= 15 is 0 Å². The van der Waals surface area contributed by atoms with Crippen LogP contribution in [0.3, 0.4) is 0 Å². The summed E-state index contributed by atoms with van der Waals surface area (Å²) in [6.45, 7) is 7.12. The molecule has 0 fully saturated rings. The van der Waals surface area contributed by atoms with Crippen LogP contribution in [0.5, 0.6) is 5.75 Å². The minimum absolute atomic E-state index is 0.0569. The maximum absolute atomic E-state index is 9.72. The molecule has 1 rings (SSSR count). The van der Waals surface area contributed by atoms with Crippen LogP contribution >= 0.6 is 0 Å². The van der Waals surface area contributed by atoms with Crippen LogP contribution in [-0.4, -0.2) is 29.6 Å². The summed E-state index contributed by atoms with van der Waals surface area (Å²) in [5.74, 6) is 0.241. The molecule has 0 heterocycles. The van der Waals surface area contributed by atoms with Crippen LogP contribution in [0, 0.1) is 0 Å². The Morgan fingerprint density at radius 2 is 2.00 bits per heavy atom. The predicted octanol–water partition coefficient (Wildman–Crippen LogP) is 2.49. The topological polar surface area (TPSA) is 52.8 Å². The van der Waals surface area contributed by atoms with Gasteiger partial charge in [-0.05, 0) is 29.5 Å². The van der Waals surface area contributed by atoms with E-state index in [1.165, 1.54) is 5.56 Å². The van der Waals surface area contributed by atoms with Gasteiger partial charge in [0.05, 0.1) is 0 Å². The number of hydrogen-bond donors (Lipinski definition) is 2. The summed E-state index contributed by atoms with van der Waals surface area (Å²) < 4.78 is 0. The number of benzene rings is 1. The van der Waals surface area contributed by atoms with Crippen LogP contribution < -0.4 is 0 Å². The number of nitrogens with zero attached hydrogens (tertiary/aromatic N) is 1. The molecule has 0 saturated heterocycles. The SMILES string of the molecule is CC(C)(C)c1ccc(O)c(C=NCCCO)c1. The molecule has 0 atom stereocenters. The van der Waals surface area contributed by atoms with Gasteiger partial charge in [-0.25, -0.2) is 0 Å². The lowest BCUT2D eigenvalue weighted by Gasteiger charge is -2.19. The zero-order valence-electron chi connectivity index (χ0n) is 10.8. The van der Waals surface area contributed by atoms with Crippen molar-refractivity contribution < 1.29 is 10.2 Å². The molecule has 1 aromatic rings. The molecule has 0 spiro atoms. The maximum Gasteiger partial charge on any atom is 0.124 e. The molecule has 0 aliphatic rings. The van der Waals surface area contributed by atoms with Gasteiger partial charge in [-0.3, -0.25) is 4.99 Å². The molecule has 2 N–H and O–H groups in total. The number of aromatic hydroxyl groups is 1. The fourth-order valence-corrected chi connectivity index (χ4v) is 1.45. The van der Waals surface area contributed by atoms with E-state index in [1.54, 1.807) is 12.3 Å². The quantitative estimate of drug-likeness (QED) is 0.622. The Labute approximate surface area is 103 Å². The van der Waals surface area contributed by atoms with Crippen molar-refractivity contribution in [2.45, 2.75) is 32.6 Å². The van der Waals surface area contributed by atoms with Crippen molar-refractivity contribution in [3.05, 3.63) is 29.3 Å². The molecule has 0 unspecified atom stereocenters. The van der Waals surface area contributed by atoms with E-state index in [0.717, 1.165) is 5.56 Å². The summed E-state index contributed by atoms with van der Waals surface area (Å²) in [5, 5.41) is 18.4. The number of aliphatic hydroxyl groups excluding tert-OH is 1. The van der Waals surface area contributed by atoms with Crippen molar-refractivity contribution >= 4 is 6.21 Å². The molecule has 0 radical (unpaired) electrons. The Balaban J connectivity index is 2.87. The Morgan fingerprint density at radius 1 is 1.29 bits per heavy atom. The molecule has 0 amide bonds. The first-order valence-corrected chi connectivity index (χ1v) is 5.89. The fraction of sp³-hybridized carbons (Fsp3) is 0.500. The third kappa shape index (κ3) is 4.19. The van der Waals surface area contributed by atoms with E-state index in [-0.39, 0.29) is 17.8 Å². The second-order valence-electron chi connectivity index (χ2n) is 5.14. The third-order valence-electron chi connectivity index (χ3n) is 2.57. The molecule has 1 aromatic carbocycles. The number of rotatable bonds is 4. The van der Waals surface area contributed by atoms with E-state index < -0.39 is 0 Å². The molecule has 0 aromatic heterocycles. The van der Waals surface area contributed by atoms with Crippen LogP contribution in [0.25, 0.3) is 0 Å². The lowest BCUT2D eigenvalue weighted by atomic mass is 9.86. The standard InChI is InChI=1S/C14H21NO2/c1-14(2,3)12-5-6-13(17)11(9-12)10-15-7-4-8-16/h5-6,9-10,16-17H,4,7-8H2,1-3H3. The second kappa shape index (κ2) is 5.82. The average Bonchev–Trinajstić information content (AvgIpc) is 2.25. The van der Waals surface area contributed by atoms with E-state index in [1.807, 2.05) is 12.1 Å². The highest BCUT2D eigenvalue weighted by molar-refractivity contribution is 5.83. The highest BCUT2D eigenvalue weighted by Crippen LogP contribution is 2.26. The van der Waals surface area contributed by atoms with E-state index in [9.17, 15) is 5.11 Å². The number of aliphatic imine (C=N–C) groups is 1. The van der Waals surface area contributed by atoms with Crippen molar-refractivity contribution in [2.75, 3.05) is 13.2 Å². The van der Waals surface area contributed by atoms with E-state index in [4.69, 9.17) is 5.11 Å². The van der Waals surface area contributed by atoms with Gasteiger partial charge in [0, 0.05) is 24.9 Å². The zero-order valence-corrected chi connectivity index (χ0v) is 10.8. The normalized spacial score (nSPS) is 12.2. The molecule has 0 aliphatic heterocycles. The van der Waals surface area contributed by atoms with Crippen LogP contribution in [0.4, 0.5) is 0 Å². The highest BCUT2D eigenvalue weighted by Gasteiger charge is 2.14. The number of phenols is 1. The molecule has 0 saturated carbocycles. The molecule has 17 heavy (non-hydrogen) atoms. The van der Waals surface area contributed by atoms with Gasteiger partial charge in [0.1, 0.15) is 5.75 Å². The number of phenolic OH excluding ortho intramolecular Hbond substituents is 1. The van der Waals surface area contributed by atoms with Gasteiger partial charge in [-0.2, -0.15) is 0 Å². The van der Waals surface area contributed by atoms with Crippen LogP contribution in [0.2, 0.25) is 0 Å². The van der Waals surface area contributed by atoms with Crippen LogP contribution in [0.15, 0.2) is 23.2 Å². The third-order valence-corrected chi connectivity index (χ3v) is 2.57. The van der Waals surface area contributed by atoms with Crippen molar-refractivity contribution in [1.82, 2.24) is 0 Å². The monoisotopic (exact) mass is 235 g/mol. The summed E-state index contributed by atoms with van der Waals surface area (Å²) in [4.78, 5) is 4.17. The summed E-state index contributed by atoms with van der Waals surface area (Å²) in [7, 11) is 0. The first-order chi connectivity index (χ1) is 7.95. The Hall–Kier alpha value is -1.35. The summed E-state index contributed by atoms with van der Waals surface area (Å²) in [5.41, 5.74) is 1.95. The molecule has 0 aliphatic carbocycles. The maximum atomic E-state index is 9.72. The second-order valence-corrected chi connectivity index (χ2v) is 5.14. The molecular weight excluding hydrogens is 214 g/mol. The first kappa shape index (κ1) is 13.7. The molecule has 94 valence electrons. The van der Waals surface area contributed by atoms with Crippen molar-refractivity contribution in [1.29, 1.82) is 0 Å². The van der Waals surface area contributed by atoms with Gasteiger partial charge in [-0.15, -0.1) is 0 Å². The van der Waals surface area contributed by atoms with Gasteiger partial charge >= 0.3 is 0 Å². The van der Waals surface area contributed by atoms with Gasteiger partial charge in [-0.1, -0.05) is 26.8 Å². The predicted molar refractivity (Wildman–Crippen MR) is 71.0 cm³/mol.